The van der Waals surface area contributed by atoms with Crippen molar-refractivity contribution in [3.05, 3.63) is 18.2 Å². The summed E-state index contributed by atoms with van der Waals surface area (Å²) in [7, 11) is 0. The van der Waals surface area contributed by atoms with E-state index in [1.165, 1.54) is 25.0 Å². The summed E-state index contributed by atoms with van der Waals surface area (Å²) in [5, 5.41) is 3.65. The zero-order chi connectivity index (χ0) is 12.1. The number of hydrogen-bond acceptors (Lipinski definition) is 2. The molecule has 1 aliphatic heterocycles. The van der Waals surface area contributed by atoms with E-state index in [1.807, 2.05) is 19.4 Å². The molecule has 2 unspecified atom stereocenters. The number of imidazole rings is 1. The lowest BCUT2D eigenvalue weighted by molar-refractivity contribution is 0.329. The van der Waals surface area contributed by atoms with Crippen molar-refractivity contribution >= 4 is 0 Å². The van der Waals surface area contributed by atoms with Gasteiger partial charge in [-0.1, -0.05) is 0 Å². The third-order valence-corrected chi connectivity index (χ3v) is 3.37. The van der Waals surface area contributed by atoms with E-state index in [-0.39, 0.29) is 0 Å². The average molecular weight is 231 g/mol. The number of rotatable bonds is 3. The van der Waals surface area contributed by atoms with E-state index in [1.54, 1.807) is 0 Å². The molecule has 2 rings (SSSR count). The van der Waals surface area contributed by atoms with Crippen molar-refractivity contribution in [3.63, 3.8) is 0 Å². The summed E-state index contributed by atoms with van der Waals surface area (Å²) in [5.74, 6) is 6.04. The summed E-state index contributed by atoms with van der Waals surface area (Å²) in [5.41, 5.74) is 1.31. The predicted octanol–water partition coefficient (Wildman–Crippen LogP) is 2.50. The summed E-state index contributed by atoms with van der Waals surface area (Å²) < 4.78 is 2.24. The van der Waals surface area contributed by atoms with E-state index in [0.717, 1.165) is 13.0 Å². The number of nitrogens with zero attached hydrogens (tertiary/aromatic N) is 2. The molecule has 1 fully saturated rings. The van der Waals surface area contributed by atoms with Gasteiger partial charge in [0.05, 0.1) is 12.0 Å². The van der Waals surface area contributed by atoms with Crippen LogP contribution in [-0.4, -0.2) is 15.6 Å². The quantitative estimate of drug-likeness (QED) is 0.810. The Morgan fingerprint density at radius 3 is 3.18 bits per heavy atom. The summed E-state index contributed by atoms with van der Waals surface area (Å²) in [6.07, 6.45) is 8.63. The Balaban J connectivity index is 2.03. The van der Waals surface area contributed by atoms with E-state index in [0.29, 0.717) is 12.1 Å². The number of hydrogen-bond donors (Lipinski definition) is 1. The van der Waals surface area contributed by atoms with E-state index >= 15 is 0 Å². The molecular formula is C14H21N3. The maximum atomic E-state index is 4.28. The molecule has 1 aliphatic rings. The van der Waals surface area contributed by atoms with Crippen molar-refractivity contribution in [2.45, 2.75) is 58.2 Å². The van der Waals surface area contributed by atoms with E-state index in [4.69, 9.17) is 0 Å². The van der Waals surface area contributed by atoms with Gasteiger partial charge in [0.2, 0.25) is 0 Å². The van der Waals surface area contributed by atoms with Gasteiger partial charge < -0.3 is 9.88 Å². The SMILES string of the molecule is CC#CCCn1cncc1C1CCCC(C)N1. The maximum Gasteiger partial charge on any atom is 0.0948 e. The van der Waals surface area contributed by atoms with Crippen LogP contribution in [0.2, 0.25) is 0 Å². The maximum absolute atomic E-state index is 4.28. The Morgan fingerprint density at radius 2 is 2.41 bits per heavy atom. The molecule has 1 aromatic heterocycles. The fourth-order valence-corrected chi connectivity index (χ4v) is 2.48. The average Bonchev–Trinajstić information content (AvgIpc) is 2.78. The Hall–Kier alpha value is -1.27. The number of aromatic nitrogens is 2. The Bertz CT molecular complexity index is 411. The van der Waals surface area contributed by atoms with Gasteiger partial charge in [0.1, 0.15) is 0 Å². The predicted molar refractivity (Wildman–Crippen MR) is 69.5 cm³/mol. The minimum Gasteiger partial charge on any atom is -0.332 e. The van der Waals surface area contributed by atoms with Crippen LogP contribution in [0.5, 0.6) is 0 Å². The van der Waals surface area contributed by atoms with Gasteiger partial charge in [0.15, 0.2) is 0 Å². The van der Waals surface area contributed by atoms with Crippen LogP contribution in [0.4, 0.5) is 0 Å². The number of piperidine rings is 1. The standard InChI is InChI=1S/C14H21N3/c1-3-4-5-9-17-11-15-10-14(17)13-8-6-7-12(2)16-13/h10-13,16H,5-9H2,1-2H3. The minimum atomic E-state index is 0.468. The van der Waals surface area contributed by atoms with Crippen LogP contribution in [-0.2, 0) is 6.54 Å². The van der Waals surface area contributed by atoms with Crippen LogP contribution in [0.25, 0.3) is 0 Å². The molecular weight excluding hydrogens is 210 g/mol. The molecule has 17 heavy (non-hydrogen) atoms. The molecule has 1 aromatic rings. The van der Waals surface area contributed by atoms with E-state index in [9.17, 15) is 0 Å². The lowest BCUT2D eigenvalue weighted by Crippen LogP contribution is -2.35. The summed E-state index contributed by atoms with van der Waals surface area (Å²) in [6, 6.07) is 1.09. The summed E-state index contributed by atoms with van der Waals surface area (Å²) in [6.45, 7) is 5.09. The van der Waals surface area contributed by atoms with E-state index < -0.39 is 0 Å². The second kappa shape index (κ2) is 5.88. The van der Waals surface area contributed by atoms with Gasteiger partial charge in [-0.3, -0.25) is 0 Å². The van der Waals surface area contributed by atoms with Gasteiger partial charge in [0.25, 0.3) is 0 Å². The molecule has 1 N–H and O–H groups in total. The van der Waals surface area contributed by atoms with Crippen LogP contribution in [0.1, 0.15) is 51.3 Å². The second-order valence-corrected chi connectivity index (χ2v) is 4.74. The second-order valence-electron chi connectivity index (χ2n) is 4.74. The zero-order valence-electron chi connectivity index (χ0n) is 10.7. The highest BCUT2D eigenvalue weighted by Crippen LogP contribution is 2.25. The molecule has 2 heterocycles. The van der Waals surface area contributed by atoms with Crippen LogP contribution in [0, 0.1) is 11.8 Å². The monoisotopic (exact) mass is 231 g/mol. The molecule has 3 heteroatoms. The lowest BCUT2D eigenvalue weighted by atomic mass is 9.97. The van der Waals surface area contributed by atoms with Gasteiger partial charge in [-0.25, -0.2) is 4.98 Å². The van der Waals surface area contributed by atoms with Crippen molar-refractivity contribution in [2.75, 3.05) is 0 Å². The lowest BCUT2D eigenvalue weighted by Gasteiger charge is -2.29. The van der Waals surface area contributed by atoms with Crippen LogP contribution in [0.3, 0.4) is 0 Å². The highest BCUT2D eigenvalue weighted by atomic mass is 15.1. The van der Waals surface area contributed by atoms with Crippen molar-refractivity contribution in [1.82, 2.24) is 14.9 Å². The third-order valence-electron chi connectivity index (χ3n) is 3.37. The molecule has 0 amide bonds. The molecule has 2 atom stereocenters. The molecule has 0 aliphatic carbocycles. The van der Waals surface area contributed by atoms with Crippen molar-refractivity contribution in [1.29, 1.82) is 0 Å². The fraction of sp³-hybridized carbons (Fsp3) is 0.643. The molecule has 1 saturated heterocycles. The zero-order valence-corrected chi connectivity index (χ0v) is 10.7. The van der Waals surface area contributed by atoms with Crippen molar-refractivity contribution in [2.24, 2.45) is 0 Å². The third kappa shape index (κ3) is 3.10. The van der Waals surface area contributed by atoms with Gasteiger partial charge in [0, 0.05) is 31.2 Å². The Labute approximate surface area is 104 Å². The first kappa shape index (κ1) is 12.2. The Kier molecular flexibility index (Phi) is 4.22. The fourth-order valence-electron chi connectivity index (χ4n) is 2.48. The Morgan fingerprint density at radius 1 is 1.53 bits per heavy atom. The van der Waals surface area contributed by atoms with Crippen molar-refractivity contribution in [3.8, 4) is 11.8 Å². The smallest absolute Gasteiger partial charge is 0.0948 e. The van der Waals surface area contributed by atoms with Gasteiger partial charge in [-0.2, -0.15) is 0 Å². The number of aryl methyl sites for hydroxylation is 1. The summed E-state index contributed by atoms with van der Waals surface area (Å²) >= 11 is 0. The first-order valence-electron chi connectivity index (χ1n) is 6.47. The molecule has 0 spiro atoms. The van der Waals surface area contributed by atoms with Crippen LogP contribution in [0.15, 0.2) is 12.5 Å². The molecule has 0 bridgehead atoms. The highest BCUT2D eigenvalue weighted by Gasteiger charge is 2.21. The molecule has 3 nitrogen and oxygen atoms in total. The van der Waals surface area contributed by atoms with Crippen LogP contribution >= 0.6 is 0 Å². The topological polar surface area (TPSA) is 29.9 Å². The molecule has 0 radical (unpaired) electrons. The highest BCUT2D eigenvalue weighted by molar-refractivity contribution is 5.08. The first-order valence-corrected chi connectivity index (χ1v) is 6.47. The molecule has 92 valence electrons. The van der Waals surface area contributed by atoms with Gasteiger partial charge in [-0.15, -0.1) is 11.8 Å². The first-order chi connectivity index (χ1) is 8.31. The molecule has 0 saturated carbocycles. The largest absolute Gasteiger partial charge is 0.332 e. The normalized spacial score (nSPS) is 24.1. The minimum absolute atomic E-state index is 0.468. The number of nitrogens with one attached hydrogen (secondary N) is 1. The van der Waals surface area contributed by atoms with Crippen molar-refractivity contribution < 1.29 is 0 Å². The summed E-state index contributed by atoms with van der Waals surface area (Å²) in [4.78, 5) is 4.28. The van der Waals surface area contributed by atoms with Crippen LogP contribution < -0.4 is 5.32 Å². The van der Waals surface area contributed by atoms with Gasteiger partial charge in [-0.05, 0) is 33.1 Å². The van der Waals surface area contributed by atoms with Gasteiger partial charge >= 0.3 is 0 Å². The molecule has 0 aromatic carbocycles. The van der Waals surface area contributed by atoms with E-state index in [2.05, 4.69) is 33.6 Å².